The molecule has 2 atom stereocenters. The van der Waals surface area contributed by atoms with E-state index in [-0.39, 0.29) is 37.5 Å². The zero-order chi connectivity index (χ0) is 16.5. The van der Waals surface area contributed by atoms with E-state index in [1.54, 1.807) is 6.92 Å². The summed E-state index contributed by atoms with van der Waals surface area (Å²) in [6, 6.07) is 2.82. The molecule has 0 aromatic heterocycles. The van der Waals surface area contributed by atoms with Gasteiger partial charge in [-0.05, 0) is 31.7 Å². The van der Waals surface area contributed by atoms with E-state index in [2.05, 4.69) is 0 Å². The highest BCUT2D eigenvalue weighted by Gasteiger charge is 2.37. The summed E-state index contributed by atoms with van der Waals surface area (Å²) < 4.78 is 40.4. The average Bonchev–Trinajstić information content (AvgIpc) is 2.46. The van der Waals surface area contributed by atoms with Crippen molar-refractivity contribution in [1.82, 2.24) is 4.31 Å². The number of benzene rings is 1. The Labute approximate surface area is 140 Å². The van der Waals surface area contributed by atoms with E-state index in [1.807, 2.05) is 0 Å². The summed E-state index contributed by atoms with van der Waals surface area (Å²) in [4.78, 5) is 9.26. The van der Waals surface area contributed by atoms with Crippen molar-refractivity contribution in [2.75, 3.05) is 13.1 Å². The fraction of sp³-hybridized carbons (Fsp3) is 0.538. The van der Waals surface area contributed by atoms with Gasteiger partial charge in [-0.15, -0.1) is 12.4 Å². The Kier molecular flexibility index (Phi) is 6.46. The number of nitro groups is 1. The maximum atomic E-state index is 14.0. The highest BCUT2D eigenvalue weighted by Crippen LogP contribution is 2.32. The fourth-order valence-electron chi connectivity index (χ4n) is 2.65. The van der Waals surface area contributed by atoms with Gasteiger partial charge in [-0.25, -0.2) is 12.8 Å². The molecule has 0 spiro atoms. The van der Waals surface area contributed by atoms with Crippen LogP contribution in [0.25, 0.3) is 0 Å². The molecule has 0 aliphatic carbocycles. The molecule has 23 heavy (non-hydrogen) atoms. The minimum atomic E-state index is -4.27. The van der Waals surface area contributed by atoms with E-state index in [4.69, 9.17) is 5.73 Å². The topological polar surface area (TPSA) is 107 Å². The molecule has 0 amide bonds. The summed E-state index contributed by atoms with van der Waals surface area (Å²) in [7, 11) is -4.27. The lowest BCUT2D eigenvalue weighted by Gasteiger charge is -2.33. The smallest absolute Gasteiger partial charge is 0.292 e. The van der Waals surface area contributed by atoms with E-state index in [0.29, 0.717) is 6.42 Å². The highest BCUT2D eigenvalue weighted by atomic mass is 35.5. The molecule has 0 bridgehead atoms. The molecule has 10 heteroatoms. The first-order chi connectivity index (χ1) is 10.2. The maximum absolute atomic E-state index is 14.0. The predicted octanol–water partition coefficient (Wildman–Crippen LogP) is 1.90. The number of sulfonamides is 1. The lowest BCUT2D eigenvalue weighted by molar-refractivity contribution is -0.388. The van der Waals surface area contributed by atoms with Gasteiger partial charge in [0.05, 0.1) is 4.92 Å². The second-order valence-corrected chi connectivity index (χ2v) is 7.34. The Morgan fingerprint density at radius 1 is 1.48 bits per heavy atom. The monoisotopic (exact) mass is 367 g/mol. The molecule has 0 saturated carbocycles. The van der Waals surface area contributed by atoms with Gasteiger partial charge >= 0.3 is 0 Å². The fourth-order valence-corrected chi connectivity index (χ4v) is 4.38. The van der Waals surface area contributed by atoms with Crippen molar-refractivity contribution in [3.05, 3.63) is 34.1 Å². The van der Waals surface area contributed by atoms with E-state index < -0.39 is 31.3 Å². The zero-order valence-electron chi connectivity index (χ0n) is 12.5. The normalized spacial score (nSPS) is 20.6. The number of nitrogens with two attached hydrogens (primary N) is 1. The first kappa shape index (κ1) is 19.8. The first-order valence-corrected chi connectivity index (χ1v) is 8.37. The molecule has 2 N–H and O–H groups in total. The van der Waals surface area contributed by atoms with Crippen LogP contribution in [0.5, 0.6) is 0 Å². The molecular formula is C13H19ClFN3O4S. The van der Waals surface area contributed by atoms with Crippen molar-refractivity contribution in [2.45, 2.75) is 30.7 Å². The summed E-state index contributed by atoms with van der Waals surface area (Å²) in [6.07, 6.45) is 1.37. The van der Waals surface area contributed by atoms with Crippen LogP contribution in [0.1, 0.15) is 19.8 Å². The standard InChI is InChI=1S/C13H18FN3O4S.ClH/c1-9(15)10-4-3-7-16(8-10)22(20,21)13-11(14)5-2-6-12(13)17(18)19;/h2,5-6,9-10H,3-4,7-8,15H2,1H3;1H. The third-order valence-electron chi connectivity index (χ3n) is 3.90. The SMILES string of the molecule is CC(N)C1CCCN(S(=O)(=O)c2c(F)cccc2[N+](=O)[O-])C1.Cl. The van der Waals surface area contributed by atoms with Crippen LogP contribution in [0, 0.1) is 21.8 Å². The van der Waals surface area contributed by atoms with Gasteiger partial charge < -0.3 is 5.73 Å². The lowest BCUT2D eigenvalue weighted by Crippen LogP contribution is -2.45. The molecular weight excluding hydrogens is 349 g/mol. The largest absolute Gasteiger partial charge is 0.328 e. The number of hydrogen-bond acceptors (Lipinski definition) is 5. The van der Waals surface area contributed by atoms with Crippen molar-refractivity contribution in [3.8, 4) is 0 Å². The quantitative estimate of drug-likeness (QED) is 0.646. The average molecular weight is 368 g/mol. The molecule has 1 aromatic rings. The number of nitro benzene ring substituents is 1. The van der Waals surface area contributed by atoms with Gasteiger partial charge in [-0.2, -0.15) is 4.31 Å². The van der Waals surface area contributed by atoms with Crippen LogP contribution < -0.4 is 5.73 Å². The Balaban J connectivity index is 0.00000264. The predicted molar refractivity (Wildman–Crippen MR) is 85.4 cm³/mol. The van der Waals surface area contributed by atoms with Gasteiger partial charge in [0.1, 0.15) is 5.82 Å². The van der Waals surface area contributed by atoms with Crippen molar-refractivity contribution < 1.29 is 17.7 Å². The maximum Gasteiger partial charge on any atom is 0.292 e. The molecule has 1 aliphatic rings. The molecule has 1 fully saturated rings. The number of rotatable bonds is 4. The van der Waals surface area contributed by atoms with Crippen molar-refractivity contribution in [2.24, 2.45) is 11.7 Å². The molecule has 0 radical (unpaired) electrons. The van der Waals surface area contributed by atoms with Gasteiger partial charge in [0, 0.05) is 25.2 Å². The number of piperidine rings is 1. The summed E-state index contributed by atoms with van der Waals surface area (Å²) in [6.45, 7) is 2.13. The van der Waals surface area contributed by atoms with Gasteiger partial charge in [0.15, 0.2) is 4.90 Å². The minimum absolute atomic E-state index is 0. The van der Waals surface area contributed by atoms with Gasteiger partial charge in [0.25, 0.3) is 15.7 Å². The van der Waals surface area contributed by atoms with Crippen LogP contribution in [0.4, 0.5) is 10.1 Å². The van der Waals surface area contributed by atoms with Crippen LogP contribution in [0.15, 0.2) is 23.1 Å². The molecule has 130 valence electrons. The molecule has 1 saturated heterocycles. The van der Waals surface area contributed by atoms with Gasteiger partial charge in [0.2, 0.25) is 0 Å². The molecule has 7 nitrogen and oxygen atoms in total. The summed E-state index contributed by atoms with van der Waals surface area (Å²) in [5.74, 6) is -1.16. The van der Waals surface area contributed by atoms with E-state index in [1.165, 1.54) is 0 Å². The van der Waals surface area contributed by atoms with Gasteiger partial charge in [-0.1, -0.05) is 6.07 Å². The minimum Gasteiger partial charge on any atom is -0.328 e. The summed E-state index contributed by atoms with van der Waals surface area (Å²) in [5, 5.41) is 11.0. The first-order valence-electron chi connectivity index (χ1n) is 6.93. The van der Waals surface area contributed by atoms with Crippen LogP contribution in [-0.2, 0) is 10.0 Å². The highest BCUT2D eigenvalue weighted by molar-refractivity contribution is 7.89. The molecule has 2 rings (SSSR count). The van der Waals surface area contributed by atoms with Crippen molar-refractivity contribution in [3.63, 3.8) is 0 Å². The second-order valence-electron chi connectivity index (χ2n) is 5.47. The Morgan fingerprint density at radius 3 is 2.70 bits per heavy atom. The zero-order valence-corrected chi connectivity index (χ0v) is 14.1. The van der Waals surface area contributed by atoms with E-state index >= 15 is 0 Å². The molecule has 1 heterocycles. The number of halogens is 2. The Morgan fingerprint density at radius 2 is 2.13 bits per heavy atom. The number of nitrogens with zero attached hydrogens (tertiary/aromatic N) is 2. The van der Waals surface area contributed by atoms with Crippen LogP contribution in [0.3, 0.4) is 0 Å². The molecule has 1 aliphatic heterocycles. The molecule has 2 unspecified atom stereocenters. The summed E-state index contributed by atoms with van der Waals surface area (Å²) >= 11 is 0. The third-order valence-corrected chi connectivity index (χ3v) is 5.84. The van der Waals surface area contributed by atoms with Crippen molar-refractivity contribution >= 4 is 28.1 Å². The Bertz CT molecular complexity index is 684. The van der Waals surface area contributed by atoms with E-state index in [0.717, 1.165) is 28.9 Å². The third kappa shape index (κ3) is 3.97. The number of hydrogen-bond donors (Lipinski definition) is 1. The van der Waals surface area contributed by atoms with Gasteiger partial charge in [-0.3, -0.25) is 10.1 Å². The van der Waals surface area contributed by atoms with E-state index in [9.17, 15) is 22.9 Å². The van der Waals surface area contributed by atoms with Crippen LogP contribution in [-0.4, -0.2) is 36.8 Å². The second kappa shape index (κ2) is 7.52. The summed E-state index contributed by atoms with van der Waals surface area (Å²) in [5.41, 5.74) is 5.07. The van der Waals surface area contributed by atoms with Crippen LogP contribution >= 0.6 is 12.4 Å². The van der Waals surface area contributed by atoms with Crippen LogP contribution in [0.2, 0.25) is 0 Å². The Hall–Kier alpha value is -1.29. The lowest BCUT2D eigenvalue weighted by atomic mass is 9.93. The van der Waals surface area contributed by atoms with Crippen molar-refractivity contribution in [1.29, 1.82) is 0 Å². The molecule has 1 aromatic carbocycles.